The van der Waals surface area contributed by atoms with Crippen LogP contribution in [0.1, 0.15) is 28.9 Å². The Bertz CT molecular complexity index is 1210. The van der Waals surface area contributed by atoms with E-state index in [1.165, 1.54) is 13.8 Å². The number of nitrogens with zero attached hydrogens (tertiary/aromatic N) is 1. The fourth-order valence-corrected chi connectivity index (χ4v) is 3.62. The van der Waals surface area contributed by atoms with Crippen LogP contribution in [-0.4, -0.2) is 85.3 Å². The number of amides is 3. The first kappa shape index (κ1) is 31.6. The zero-order valence-corrected chi connectivity index (χ0v) is 21.9. The largest absolute Gasteiger partial charge is 0.436 e. The molecule has 224 valence electrons. The maximum atomic E-state index is 13.2. The van der Waals surface area contributed by atoms with Gasteiger partial charge >= 0.3 is 13.2 Å². The van der Waals surface area contributed by atoms with Crippen molar-refractivity contribution in [1.29, 1.82) is 0 Å². The van der Waals surface area contributed by atoms with Gasteiger partial charge in [0, 0.05) is 6.92 Å². The highest BCUT2D eigenvalue weighted by molar-refractivity contribution is 5.99. The van der Waals surface area contributed by atoms with E-state index in [4.69, 9.17) is 9.15 Å². The first-order valence-corrected chi connectivity index (χ1v) is 12.2. The summed E-state index contributed by atoms with van der Waals surface area (Å²) in [5, 5.41) is 6.61. The van der Waals surface area contributed by atoms with Gasteiger partial charge in [-0.25, -0.2) is 4.98 Å². The molecule has 1 aliphatic heterocycles. The maximum absolute atomic E-state index is 13.2. The van der Waals surface area contributed by atoms with Crippen LogP contribution >= 0.6 is 0 Å². The summed E-state index contributed by atoms with van der Waals surface area (Å²) in [5.41, 5.74) is -0.499. The zero-order valence-electron chi connectivity index (χ0n) is 21.9. The monoisotopic (exact) mass is 588 g/mol. The van der Waals surface area contributed by atoms with Crippen LogP contribution in [0.2, 0.25) is 0 Å². The molecule has 0 aliphatic carbocycles. The maximum Gasteiger partial charge on any atom is 0.345 e. The van der Waals surface area contributed by atoms with Gasteiger partial charge in [-0.2, -0.15) is 17.6 Å². The highest BCUT2D eigenvalue weighted by Crippen LogP contribution is 2.29. The van der Waals surface area contributed by atoms with E-state index >= 15 is 0 Å². The second-order valence-electron chi connectivity index (χ2n) is 9.15. The molecule has 41 heavy (non-hydrogen) atoms. The van der Waals surface area contributed by atoms with Crippen molar-refractivity contribution in [2.45, 2.75) is 57.2 Å². The summed E-state index contributed by atoms with van der Waals surface area (Å²) in [6.07, 6.45) is 1.03. The van der Waals surface area contributed by atoms with E-state index in [2.05, 4.69) is 30.4 Å². The number of alkyl halides is 4. The van der Waals surface area contributed by atoms with Gasteiger partial charge in [-0.1, -0.05) is 30.3 Å². The standard InChI is InChI=1S/C25H28F4N4O8/c1-13-30-9-18(41-13)22(37)33-17(11-39-24(28)29)21(36)32-16(10-38-23(26)27)20(35)31-15(19(34)25(2)12-40-25)8-14-6-4-3-5-7-14/h3-7,9,15-17,23-24H,8,10-12H2,1-2H3,(H,31,35)(H,32,36)(H,33,37)/t15-,16-,17?,25+/m0/s1. The van der Waals surface area contributed by atoms with Crippen molar-refractivity contribution >= 4 is 23.5 Å². The fourth-order valence-electron chi connectivity index (χ4n) is 3.62. The molecular formula is C25H28F4N4O8. The van der Waals surface area contributed by atoms with E-state index in [1.807, 2.05) is 0 Å². The number of aryl methyl sites for hydroxylation is 1. The Labute approximate surface area is 231 Å². The average molecular weight is 589 g/mol. The van der Waals surface area contributed by atoms with Gasteiger partial charge in [-0.3, -0.25) is 19.2 Å². The van der Waals surface area contributed by atoms with Crippen LogP contribution in [0, 0.1) is 6.92 Å². The molecule has 1 fully saturated rings. The third-order valence-corrected chi connectivity index (χ3v) is 5.89. The van der Waals surface area contributed by atoms with E-state index in [-0.39, 0.29) is 24.7 Å². The van der Waals surface area contributed by atoms with Crippen molar-refractivity contribution in [1.82, 2.24) is 20.9 Å². The van der Waals surface area contributed by atoms with E-state index < -0.39 is 73.7 Å². The van der Waals surface area contributed by atoms with E-state index in [0.717, 1.165) is 6.20 Å². The Morgan fingerprint density at radius 1 is 0.927 bits per heavy atom. The van der Waals surface area contributed by atoms with Gasteiger partial charge in [0.2, 0.25) is 17.6 Å². The van der Waals surface area contributed by atoms with E-state index in [0.29, 0.717) is 5.56 Å². The second-order valence-corrected chi connectivity index (χ2v) is 9.15. The first-order valence-electron chi connectivity index (χ1n) is 12.2. The topological polar surface area (TPSA) is 161 Å². The number of rotatable bonds is 16. The molecule has 1 aliphatic rings. The molecule has 0 saturated carbocycles. The van der Waals surface area contributed by atoms with Crippen molar-refractivity contribution in [2.75, 3.05) is 19.8 Å². The number of oxazole rings is 1. The van der Waals surface area contributed by atoms with Crippen LogP contribution in [0.3, 0.4) is 0 Å². The number of Topliss-reactive ketones (excluding diaryl/α,β-unsaturated/α-hetero) is 1. The number of aromatic nitrogens is 1. The molecule has 3 amide bonds. The summed E-state index contributed by atoms with van der Waals surface area (Å²) < 4.78 is 69.7. The highest BCUT2D eigenvalue weighted by Gasteiger charge is 2.50. The zero-order chi connectivity index (χ0) is 30.2. The van der Waals surface area contributed by atoms with Crippen molar-refractivity contribution in [3.05, 3.63) is 53.7 Å². The molecule has 1 saturated heterocycles. The van der Waals surface area contributed by atoms with Crippen LogP contribution in [-0.2, 0) is 35.0 Å². The van der Waals surface area contributed by atoms with Gasteiger partial charge in [-0.05, 0) is 18.9 Å². The van der Waals surface area contributed by atoms with Gasteiger partial charge in [0.1, 0.15) is 17.7 Å². The van der Waals surface area contributed by atoms with Gasteiger partial charge in [0.05, 0.1) is 32.1 Å². The fraction of sp³-hybridized carbons (Fsp3) is 0.480. The predicted octanol–water partition coefficient (Wildman–Crippen LogP) is 1.13. The SMILES string of the molecule is Cc1ncc(C(=O)NC(COC(F)F)C(=O)N[C@@H](COC(F)F)C(=O)N[C@@H](Cc2ccccc2)C(=O)[C@@]2(C)CO2)o1. The van der Waals surface area contributed by atoms with E-state index in [9.17, 15) is 36.7 Å². The van der Waals surface area contributed by atoms with E-state index in [1.54, 1.807) is 30.3 Å². The van der Waals surface area contributed by atoms with Gasteiger partial charge < -0.3 is 34.6 Å². The minimum absolute atomic E-state index is 0.0121. The molecule has 4 atom stereocenters. The number of halogens is 4. The Morgan fingerprint density at radius 2 is 1.46 bits per heavy atom. The molecule has 0 radical (unpaired) electrons. The van der Waals surface area contributed by atoms with Crippen molar-refractivity contribution in [3.63, 3.8) is 0 Å². The second kappa shape index (κ2) is 14.1. The van der Waals surface area contributed by atoms with Crippen LogP contribution in [0.15, 0.2) is 40.9 Å². The minimum Gasteiger partial charge on any atom is -0.436 e. The summed E-state index contributed by atoms with van der Waals surface area (Å²) in [6, 6.07) is 3.72. The summed E-state index contributed by atoms with van der Waals surface area (Å²) in [7, 11) is 0. The Morgan fingerprint density at radius 3 is 1.95 bits per heavy atom. The lowest BCUT2D eigenvalue weighted by molar-refractivity contribution is -0.152. The smallest absolute Gasteiger partial charge is 0.345 e. The third-order valence-electron chi connectivity index (χ3n) is 5.89. The predicted molar refractivity (Wildman–Crippen MR) is 130 cm³/mol. The molecule has 3 N–H and O–H groups in total. The van der Waals surface area contributed by atoms with Gasteiger partial charge in [0.15, 0.2) is 11.7 Å². The number of hydrogen-bond acceptors (Lipinski definition) is 9. The number of ether oxygens (including phenoxy) is 3. The molecule has 12 nitrogen and oxygen atoms in total. The van der Waals surface area contributed by atoms with Crippen LogP contribution in [0.5, 0.6) is 0 Å². The number of carbonyl (C=O) groups excluding carboxylic acids is 4. The highest BCUT2D eigenvalue weighted by atomic mass is 19.3. The normalized spacial score (nSPS) is 18.4. The molecule has 2 aromatic rings. The van der Waals surface area contributed by atoms with Crippen LogP contribution in [0.4, 0.5) is 17.6 Å². The molecule has 16 heteroatoms. The molecule has 3 rings (SSSR count). The molecular weight excluding hydrogens is 560 g/mol. The molecule has 0 spiro atoms. The molecule has 2 heterocycles. The molecule has 1 aromatic heterocycles. The molecule has 1 unspecified atom stereocenters. The van der Waals surface area contributed by atoms with Crippen LogP contribution < -0.4 is 16.0 Å². The number of epoxide rings is 1. The Kier molecular flexibility index (Phi) is 10.9. The van der Waals surface area contributed by atoms with Crippen molar-refractivity contribution in [3.8, 4) is 0 Å². The Balaban J connectivity index is 1.77. The minimum atomic E-state index is -3.34. The summed E-state index contributed by atoms with van der Waals surface area (Å²) in [4.78, 5) is 55.3. The lowest BCUT2D eigenvalue weighted by atomic mass is 9.94. The first-order chi connectivity index (χ1) is 19.4. The number of hydrogen-bond donors (Lipinski definition) is 3. The van der Waals surface area contributed by atoms with Gasteiger partial charge in [0.25, 0.3) is 5.91 Å². The molecule has 1 aromatic carbocycles. The number of carbonyl (C=O) groups is 4. The number of ketones is 1. The Hall–Kier alpha value is -3.89. The average Bonchev–Trinajstić information content (AvgIpc) is 3.53. The summed E-state index contributed by atoms with van der Waals surface area (Å²) >= 11 is 0. The summed E-state index contributed by atoms with van der Waals surface area (Å²) in [6.45, 7) is -5.73. The van der Waals surface area contributed by atoms with Crippen LogP contribution in [0.25, 0.3) is 0 Å². The molecule has 0 bridgehead atoms. The number of benzene rings is 1. The number of nitrogens with one attached hydrogen (secondary N) is 3. The van der Waals surface area contributed by atoms with Gasteiger partial charge in [-0.15, -0.1) is 0 Å². The quantitative estimate of drug-likeness (QED) is 0.193. The summed E-state index contributed by atoms with van der Waals surface area (Å²) in [5.74, 6) is -4.12. The lowest BCUT2D eigenvalue weighted by Gasteiger charge is -2.25. The lowest BCUT2D eigenvalue weighted by Crippen LogP contribution is -2.59. The van der Waals surface area contributed by atoms with Crippen molar-refractivity contribution < 1.29 is 55.4 Å². The third kappa shape index (κ3) is 9.61. The van der Waals surface area contributed by atoms with Crippen molar-refractivity contribution in [2.24, 2.45) is 0 Å².